The Morgan fingerprint density at radius 2 is 1.86 bits per heavy atom. The molecule has 0 spiro atoms. The molecule has 0 aliphatic carbocycles. The molecule has 110 valence electrons. The smallest absolute Gasteiger partial charge is 0.256 e. The van der Waals surface area contributed by atoms with E-state index in [9.17, 15) is 4.79 Å². The van der Waals surface area contributed by atoms with Crippen LogP contribution in [0, 0.1) is 0 Å². The maximum Gasteiger partial charge on any atom is 0.256 e. The van der Waals surface area contributed by atoms with Crippen molar-refractivity contribution in [1.82, 2.24) is 14.8 Å². The second-order valence-electron chi connectivity index (χ2n) is 4.86. The van der Waals surface area contributed by atoms with E-state index in [1.165, 1.54) is 0 Å². The largest absolute Gasteiger partial charge is 0.305 e. The number of hydrogen-bond acceptors (Lipinski definition) is 3. The number of rotatable bonds is 5. The van der Waals surface area contributed by atoms with E-state index in [1.54, 1.807) is 29.1 Å². The predicted molar refractivity (Wildman–Crippen MR) is 84.6 cm³/mol. The summed E-state index contributed by atoms with van der Waals surface area (Å²) in [5.41, 5.74) is 1.64. The molecule has 0 bridgehead atoms. The van der Waals surface area contributed by atoms with E-state index < -0.39 is 0 Å². The normalized spacial score (nSPS) is 10.4. The van der Waals surface area contributed by atoms with Crippen molar-refractivity contribution in [2.24, 2.45) is 0 Å². The summed E-state index contributed by atoms with van der Waals surface area (Å²) in [6.45, 7) is 0.720. The molecule has 0 saturated heterocycles. The van der Waals surface area contributed by atoms with Gasteiger partial charge >= 0.3 is 0 Å². The average molecular weight is 292 g/mol. The van der Waals surface area contributed by atoms with E-state index in [1.807, 2.05) is 42.6 Å². The zero-order chi connectivity index (χ0) is 15.2. The van der Waals surface area contributed by atoms with Gasteiger partial charge in [0.15, 0.2) is 5.82 Å². The van der Waals surface area contributed by atoms with Gasteiger partial charge in [-0.15, -0.1) is 0 Å². The molecule has 0 atom stereocenters. The van der Waals surface area contributed by atoms with Crippen LogP contribution in [0.2, 0.25) is 0 Å². The van der Waals surface area contributed by atoms with Crippen LogP contribution in [-0.2, 0) is 13.0 Å². The number of anilines is 1. The molecule has 0 aliphatic rings. The fraction of sp³-hybridized carbons (Fsp3) is 0.118. The summed E-state index contributed by atoms with van der Waals surface area (Å²) in [4.78, 5) is 16.3. The molecule has 0 saturated carbocycles. The van der Waals surface area contributed by atoms with E-state index in [4.69, 9.17) is 0 Å². The highest BCUT2D eigenvalue weighted by Gasteiger charge is 2.07. The summed E-state index contributed by atoms with van der Waals surface area (Å²) in [5.74, 6) is 0.394. The van der Waals surface area contributed by atoms with Crippen LogP contribution in [-0.4, -0.2) is 20.7 Å². The van der Waals surface area contributed by atoms with Crippen LogP contribution in [0.3, 0.4) is 0 Å². The molecular weight excluding hydrogens is 276 g/mol. The molecule has 22 heavy (non-hydrogen) atoms. The van der Waals surface area contributed by atoms with Gasteiger partial charge in [0.2, 0.25) is 0 Å². The first-order valence-electron chi connectivity index (χ1n) is 7.11. The van der Waals surface area contributed by atoms with Gasteiger partial charge in [-0.1, -0.05) is 24.3 Å². The molecular formula is C17H16N4O. The van der Waals surface area contributed by atoms with Gasteiger partial charge in [-0.2, -0.15) is 5.10 Å². The van der Waals surface area contributed by atoms with Gasteiger partial charge in [0.25, 0.3) is 5.91 Å². The van der Waals surface area contributed by atoms with Crippen molar-refractivity contribution in [3.8, 4) is 0 Å². The first-order valence-corrected chi connectivity index (χ1v) is 7.11. The number of amides is 1. The Morgan fingerprint density at radius 1 is 1.05 bits per heavy atom. The molecule has 3 aromatic rings. The summed E-state index contributed by atoms with van der Waals surface area (Å²) in [7, 11) is 0. The van der Waals surface area contributed by atoms with Gasteiger partial charge in [0.05, 0.1) is 0 Å². The monoisotopic (exact) mass is 292 g/mol. The van der Waals surface area contributed by atoms with E-state index in [0.29, 0.717) is 11.4 Å². The Balaban J connectivity index is 1.58. The average Bonchev–Trinajstić information content (AvgIpc) is 3.02. The van der Waals surface area contributed by atoms with E-state index >= 15 is 0 Å². The Labute approximate surface area is 128 Å². The topological polar surface area (TPSA) is 59.8 Å². The van der Waals surface area contributed by atoms with Gasteiger partial charge in [-0.3, -0.25) is 14.5 Å². The van der Waals surface area contributed by atoms with Crippen molar-refractivity contribution < 1.29 is 4.79 Å². The summed E-state index contributed by atoms with van der Waals surface area (Å²) < 4.78 is 1.80. The van der Waals surface area contributed by atoms with Gasteiger partial charge in [-0.25, -0.2) is 0 Å². The van der Waals surface area contributed by atoms with E-state index in [2.05, 4.69) is 15.4 Å². The molecule has 2 heterocycles. The van der Waals surface area contributed by atoms with Gasteiger partial charge < -0.3 is 5.32 Å². The highest BCUT2D eigenvalue weighted by atomic mass is 16.1. The maximum absolute atomic E-state index is 12.0. The van der Waals surface area contributed by atoms with Crippen molar-refractivity contribution in [2.75, 3.05) is 5.32 Å². The number of aryl methyl sites for hydroxylation is 2. The van der Waals surface area contributed by atoms with Crippen molar-refractivity contribution in [2.45, 2.75) is 13.0 Å². The molecule has 0 unspecified atom stereocenters. The standard InChI is InChI=1S/C17H16N4O/c22-17(14-6-2-1-3-7-14)19-16-10-13-21(20-16)12-9-15-8-4-5-11-18-15/h1-8,10-11,13H,9,12H2,(H,19,20,22). The third-order valence-corrected chi connectivity index (χ3v) is 3.24. The van der Waals surface area contributed by atoms with Crippen molar-refractivity contribution in [1.29, 1.82) is 0 Å². The molecule has 3 rings (SSSR count). The fourth-order valence-electron chi connectivity index (χ4n) is 2.11. The first kappa shape index (κ1) is 14.0. The van der Waals surface area contributed by atoms with Crippen LogP contribution in [0.4, 0.5) is 5.82 Å². The minimum atomic E-state index is -0.157. The minimum Gasteiger partial charge on any atom is -0.305 e. The lowest BCUT2D eigenvalue weighted by molar-refractivity contribution is 0.102. The molecule has 0 aliphatic heterocycles. The van der Waals surface area contributed by atoms with Gasteiger partial charge in [-0.05, 0) is 24.3 Å². The predicted octanol–water partition coefficient (Wildman–Crippen LogP) is 2.77. The lowest BCUT2D eigenvalue weighted by atomic mass is 10.2. The Bertz CT molecular complexity index is 738. The number of carbonyl (C=O) groups is 1. The lowest BCUT2D eigenvalue weighted by Gasteiger charge is -2.03. The second kappa shape index (κ2) is 6.67. The number of pyridine rings is 1. The molecule has 1 N–H and O–H groups in total. The summed E-state index contributed by atoms with van der Waals surface area (Å²) in [5, 5.41) is 7.14. The molecule has 5 nitrogen and oxygen atoms in total. The van der Waals surface area contributed by atoms with E-state index in [0.717, 1.165) is 18.7 Å². The van der Waals surface area contributed by atoms with Gasteiger partial charge in [0, 0.05) is 42.7 Å². The number of aromatic nitrogens is 3. The highest BCUT2D eigenvalue weighted by molar-refractivity contribution is 6.03. The number of hydrogen-bond donors (Lipinski definition) is 1. The van der Waals surface area contributed by atoms with Crippen molar-refractivity contribution >= 4 is 11.7 Å². The second-order valence-corrected chi connectivity index (χ2v) is 4.86. The van der Waals surface area contributed by atoms with Crippen LogP contribution in [0.15, 0.2) is 67.0 Å². The van der Waals surface area contributed by atoms with Crippen molar-refractivity contribution in [3.63, 3.8) is 0 Å². The Hall–Kier alpha value is -2.95. The summed E-state index contributed by atoms with van der Waals surface area (Å²) in [6, 6.07) is 16.7. The first-order chi connectivity index (χ1) is 10.8. The van der Waals surface area contributed by atoms with Gasteiger partial charge in [0.1, 0.15) is 0 Å². The van der Waals surface area contributed by atoms with Crippen LogP contribution >= 0.6 is 0 Å². The number of benzene rings is 1. The molecule has 2 aromatic heterocycles. The SMILES string of the molecule is O=C(Nc1ccn(CCc2ccccn2)n1)c1ccccc1. The van der Waals surface area contributed by atoms with Crippen LogP contribution < -0.4 is 5.32 Å². The Kier molecular flexibility index (Phi) is 4.25. The molecule has 1 aromatic carbocycles. The molecule has 0 fully saturated rings. The summed E-state index contributed by atoms with van der Waals surface area (Å²) in [6.07, 6.45) is 4.43. The maximum atomic E-state index is 12.0. The minimum absolute atomic E-state index is 0.157. The fourth-order valence-corrected chi connectivity index (χ4v) is 2.11. The quantitative estimate of drug-likeness (QED) is 0.786. The Morgan fingerprint density at radius 3 is 2.64 bits per heavy atom. The summed E-state index contributed by atoms with van der Waals surface area (Å²) >= 11 is 0. The lowest BCUT2D eigenvalue weighted by Crippen LogP contribution is -2.12. The van der Waals surface area contributed by atoms with E-state index in [-0.39, 0.29) is 5.91 Å². The number of nitrogens with one attached hydrogen (secondary N) is 1. The highest BCUT2D eigenvalue weighted by Crippen LogP contribution is 2.07. The van der Waals surface area contributed by atoms with Crippen molar-refractivity contribution in [3.05, 3.63) is 78.2 Å². The zero-order valence-electron chi connectivity index (χ0n) is 12.0. The molecule has 5 heteroatoms. The van der Waals surface area contributed by atoms with Crippen LogP contribution in [0.1, 0.15) is 16.1 Å². The third-order valence-electron chi connectivity index (χ3n) is 3.24. The van der Waals surface area contributed by atoms with Crippen LogP contribution in [0.5, 0.6) is 0 Å². The number of carbonyl (C=O) groups excluding carboxylic acids is 1. The van der Waals surface area contributed by atoms with Crippen LogP contribution in [0.25, 0.3) is 0 Å². The zero-order valence-corrected chi connectivity index (χ0v) is 12.0. The third kappa shape index (κ3) is 3.58. The molecule has 1 amide bonds. The molecule has 0 radical (unpaired) electrons. The number of nitrogens with zero attached hydrogens (tertiary/aromatic N) is 3.